The predicted octanol–water partition coefficient (Wildman–Crippen LogP) is 1.01. The Balaban J connectivity index is 2.86. The Kier molecular flexibility index (Phi) is 1.89. The molecule has 2 aromatic rings. The van der Waals surface area contributed by atoms with Gasteiger partial charge >= 0.3 is 0 Å². The molecule has 0 unspecified atom stereocenters. The van der Waals surface area contributed by atoms with E-state index in [1.54, 1.807) is 4.57 Å². The molecule has 0 bridgehead atoms. The molecule has 0 amide bonds. The van der Waals surface area contributed by atoms with Crippen LogP contribution in [-0.2, 0) is 5.54 Å². The molecule has 0 radical (unpaired) electrons. The van der Waals surface area contributed by atoms with E-state index in [1.807, 2.05) is 25.8 Å². The number of nitrogens with one attached hydrogen (secondary N) is 1. The number of H-pyrrole nitrogens is 1. The molecule has 0 aliphatic rings. The van der Waals surface area contributed by atoms with Crippen LogP contribution < -0.4 is 5.56 Å². The van der Waals surface area contributed by atoms with Gasteiger partial charge in [0.1, 0.15) is 0 Å². The Labute approximate surface area is 85.0 Å². The number of nitrogens with zero attached hydrogens (tertiary/aromatic N) is 3. The van der Waals surface area contributed by atoms with Gasteiger partial charge in [-0.05, 0) is 20.8 Å². The molecule has 5 nitrogen and oxygen atoms in total. The quantitative estimate of drug-likeness (QED) is 0.660. The minimum Gasteiger partial charge on any atom is -0.310 e. The van der Waals surface area contributed by atoms with Crippen LogP contribution in [0.15, 0.2) is 11.1 Å². The van der Waals surface area contributed by atoms with Gasteiger partial charge in [-0.15, -0.1) is 0 Å². The molecule has 0 saturated heterocycles. The lowest BCUT2D eigenvalue weighted by Crippen LogP contribution is -2.22. The zero-order valence-corrected chi connectivity index (χ0v) is 8.71. The summed E-state index contributed by atoms with van der Waals surface area (Å²) in [5.41, 5.74) is -0.419. The number of fused-ring (bicyclic) bond motifs is 1. The summed E-state index contributed by atoms with van der Waals surface area (Å²) in [4.78, 5) is 20.9. The van der Waals surface area contributed by atoms with Crippen molar-refractivity contribution in [3.63, 3.8) is 0 Å². The zero-order chi connectivity index (χ0) is 11.2. The van der Waals surface area contributed by atoms with Crippen molar-refractivity contribution >= 4 is 11.2 Å². The van der Waals surface area contributed by atoms with Crippen LogP contribution in [0.25, 0.3) is 11.2 Å². The second-order valence-corrected chi connectivity index (χ2v) is 4.31. The number of rotatable bonds is 0. The van der Waals surface area contributed by atoms with Gasteiger partial charge in [-0.2, -0.15) is 9.37 Å². The first kappa shape index (κ1) is 9.82. The van der Waals surface area contributed by atoms with Gasteiger partial charge in [0.25, 0.3) is 11.6 Å². The van der Waals surface area contributed by atoms with Crippen LogP contribution in [0, 0.1) is 6.08 Å². The number of aromatic amines is 1. The standard InChI is InChI=1S/C9H11FN4O/c1-9(2,3)14-4-11-5-6(14)12-8(10)13-7(5)15/h4H,1-3H3,(H,12,13,15). The average molecular weight is 210 g/mol. The summed E-state index contributed by atoms with van der Waals surface area (Å²) < 4.78 is 14.6. The van der Waals surface area contributed by atoms with Crippen LogP contribution in [0.3, 0.4) is 0 Å². The molecule has 2 rings (SSSR count). The van der Waals surface area contributed by atoms with Crippen LogP contribution >= 0.6 is 0 Å². The highest BCUT2D eigenvalue weighted by Crippen LogP contribution is 2.18. The number of halogens is 1. The normalized spacial score (nSPS) is 12.3. The summed E-state index contributed by atoms with van der Waals surface area (Å²) in [7, 11) is 0. The van der Waals surface area contributed by atoms with Crippen molar-refractivity contribution in [2.75, 3.05) is 0 Å². The Morgan fingerprint density at radius 1 is 1.47 bits per heavy atom. The minimum absolute atomic E-state index is 0.159. The van der Waals surface area contributed by atoms with Gasteiger partial charge in [-0.25, -0.2) is 4.98 Å². The van der Waals surface area contributed by atoms with E-state index in [1.165, 1.54) is 6.33 Å². The molecular weight excluding hydrogens is 199 g/mol. The summed E-state index contributed by atoms with van der Waals surface area (Å²) >= 11 is 0. The van der Waals surface area contributed by atoms with Crippen LogP contribution in [0.2, 0.25) is 0 Å². The number of hydrogen-bond donors (Lipinski definition) is 1. The summed E-state index contributed by atoms with van der Waals surface area (Å²) in [5, 5.41) is 0. The maximum absolute atomic E-state index is 12.9. The first-order valence-corrected chi connectivity index (χ1v) is 4.53. The fourth-order valence-electron chi connectivity index (χ4n) is 1.37. The number of aromatic nitrogens is 4. The molecule has 0 aromatic carbocycles. The van der Waals surface area contributed by atoms with E-state index >= 15 is 0 Å². The fourth-order valence-corrected chi connectivity index (χ4v) is 1.37. The monoisotopic (exact) mass is 210 g/mol. The molecular formula is C9H11FN4O. The summed E-state index contributed by atoms with van der Waals surface area (Å²) in [6.45, 7) is 5.78. The van der Waals surface area contributed by atoms with Crippen molar-refractivity contribution in [3.8, 4) is 0 Å². The smallest absolute Gasteiger partial charge is 0.291 e. The van der Waals surface area contributed by atoms with Crippen molar-refractivity contribution in [1.82, 2.24) is 19.5 Å². The van der Waals surface area contributed by atoms with Crippen molar-refractivity contribution in [2.45, 2.75) is 26.3 Å². The van der Waals surface area contributed by atoms with Crippen molar-refractivity contribution in [1.29, 1.82) is 0 Å². The summed E-state index contributed by atoms with van der Waals surface area (Å²) in [6.07, 6.45) is 0.602. The average Bonchev–Trinajstić information content (AvgIpc) is 2.45. The Morgan fingerprint density at radius 2 is 2.13 bits per heavy atom. The van der Waals surface area contributed by atoms with Gasteiger partial charge in [0.05, 0.1) is 6.33 Å². The topological polar surface area (TPSA) is 63.6 Å². The third-order valence-corrected chi connectivity index (χ3v) is 2.10. The molecule has 0 aliphatic carbocycles. The molecule has 0 fully saturated rings. The highest BCUT2D eigenvalue weighted by Gasteiger charge is 2.19. The molecule has 2 aromatic heterocycles. The highest BCUT2D eigenvalue weighted by molar-refractivity contribution is 5.69. The molecule has 2 heterocycles. The Hall–Kier alpha value is -1.72. The maximum atomic E-state index is 12.9. The van der Waals surface area contributed by atoms with Crippen LogP contribution in [0.1, 0.15) is 20.8 Å². The van der Waals surface area contributed by atoms with Crippen LogP contribution in [-0.4, -0.2) is 19.5 Å². The van der Waals surface area contributed by atoms with Crippen molar-refractivity contribution in [2.24, 2.45) is 0 Å². The van der Waals surface area contributed by atoms with Gasteiger partial charge in [0.2, 0.25) is 0 Å². The lowest BCUT2D eigenvalue weighted by Gasteiger charge is -2.20. The Morgan fingerprint density at radius 3 is 2.73 bits per heavy atom. The van der Waals surface area contributed by atoms with Gasteiger partial charge in [0.15, 0.2) is 11.2 Å². The third kappa shape index (κ3) is 1.51. The second kappa shape index (κ2) is 2.88. The van der Waals surface area contributed by atoms with Gasteiger partial charge < -0.3 is 4.57 Å². The van der Waals surface area contributed by atoms with E-state index in [4.69, 9.17) is 0 Å². The van der Waals surface area contributed by atoms with Gasteiger partial charge in [-0.1, -0.05) is 0 Å². The maximum Gasteiger partial charge on any atom is 0.291 e. The largest absolute Gasteiger partial charge is 0.310 e. The first-order valence-electron chi connectivity index (χ1n) is 4.53. The minimum atomic E-state index is -0.890. The predicted molar refractivity (Wildman–Crippen MR) is 53.1 cm³/mol. The van der Waals surface area contributed by atoms with Crippen molar-refractivity contribution < 1.29 is 4.39 Å². The molecule has 0 atom stereocenters. The Bertz CT molecular complexity index is 563. The molecule has 80 valence electrons. The van der Waals surface area contributed by atoms with E-state index in [-0.39, 0.29) is 16.7 Å². The van der Waals surface area contributed by atoms with E-state index in [2.05, 4.69) is 9.97 Å². The van der Waals surface area contributed by atoms with Gasteiger partial charge in [0, 0.05) is 5.54 Å². The second-order valence-electron chi connectivity index (χ2n) is 4.31. The van der Waals surface area contributed by atoms with E-state index in [0.717, 1.165) is 0 Å². The highest BCUT2D eigenvalue weighted by atomic mass is 19.1. The van der Waals surface area contributed by atoms with Gasteiger partial charge in [-0.3, -0.25) is 9.78 Å². The van der Waals surface area contributed by atoms with Crippen molar-refractivity contribution in [3.05, 3.63) is 22.8 Å². The van der Waals surface area contributed by atoms with E-state index < -0.39 is 11.6 Å². The zero-order valence-electron chi connectivity index (χ0n) is 8.71. The number of hydrogen-bond acceptors (Lipinski definition) is 3. The van der Waals surface area contributed by atoms with Crippen LogP contribution in [0.4, 0.5) is 4.39 Å². The molecule has 0 spiro atoms. The van der Waals surface area contributed by atoms with E-state index in [0.29, 0.717) is 0 Å². The van der Waals surface area contributed by atoms with Crippen LogP contribution in [0.5, 0.6) is 0 Å². The SMILES string of the molecule is CC(C)(C)n1cnc2c(=O)[nH]c(F)nc21. The summed E-state index contributed by atoms with van der Waals surface area (Å²) in [5.74, 6) is 0. The van der Waals surface area contributed by atoms with E-state index in [9.17, 15) is 9.18 Å². The fraction of sp³-hybridized carbons (Fsp3) is 0.444. The molecule has 15 heavy (non-hydrogen) atoms. The molecule has 1 N–H and O–H groups in total. The first-order chi connectivity index (χ1) is 6.89. The lowest BCUT2D eigenvalue weighted by molar-refractivity contribution is 0.403. The lowest BCUT2D eigenvalue weighted by atomic mass is 10.1. The third-order valence-electron chi connectivity index (χ3n) is 2.10. The molecule has 6 heteroatoms. The summed E-state index contributed by atoms with van der Waals surface area (Å²) in [6, 6.07) is 0. The number of imidazole rings is 1. The molecule has 0 aliphatic heterocycles. The molecule has 0 saturated carbocycles.